The monoisotopic (exact) mass is 450 g/mol. The molecule has 3 atom stereocenters. The van der Waals surface area contributed by atoms with Crippen molar-refractivity contribution in [3.05, 3.63) is 12.2 Å². The lowest BCUT2D eigenvalue weighted by Gasteiger charge is -2.23. The summed E-state index contributed by atoms with van der Waals surface area (Å²) in [4.78, 5) is 57.6. The first-order chi connectivity index (χ1) is 13.7. The molecule has 0 saturated heterocycles. The molecule has 0 saturated carbocycles. The Bertz CT molecular complexity index is 702. The summed E-state index contributed by atoms with van der Waals surface area (Å²) in [6, 6.07) is -3.55. The standard InChI is InChI=1S/C16H31N6O7P/c1-9(2)12(17)14(24)21-10(5-3-7-20-16(18)19)13(23)22-11(15(25)26)6-4-8-30(27,28)29/h4,6,9-12H,3,5,7-8,17H2,1-2H3,(H,21,24)(H,22,23)(H,25,26)(H4,18,19,20)(H2,27,28,29)/b6-4+/t10-,11-,12-/m0/s1. The van der Waals surface area contributed by atoms with Crippen LogP contribution in [0.1, 0.15) is 26.7 Å². The highest BCUT2D eigenvalue weighted by atomic mass is 31.2. The van der Waals surface area contributed by atoms with E-state index < -0.39 is 49.7 Å². The highest BCUT2D eigenvalue weighted by Gasteiger charge is 2.27. The lowest BCUT2D eigenvalue weighted by Crippen LogP contribution is -2.55. The molecule has 0 radical (unpaired) electrons. The number of nitrogens with one attached hydrogen (secondary N) is 2. The SMILES string of the molecule is CC(C)[C@H](N)C(=O)N[C@@H](CCCN=C(N)N)C(=O)N[C@@H](/C=C/CP(=O)(O)O)C(=O)O. The van der Waals surface area contributed by atoms with E-state index >= 15 is 0 Å². The predicted molar refractivity (Wildman–Crippen MR) is 110 cm³/mol. The zero-order valence-electron chi connectivity index (χ0n) is 16.9. The van der Waals surface area contributed by atoms with Crippen molar-refractivity contribution >= 4 is 31.3 Å². The number of carboxylic acid groups (broad SMARTS) is 1. The molecule has 0 fully saturated rings. The number of amides is 2. The maximum Gasteiger partial charge on any atom is 0.330 e. The minimum absolute atomic E-state index is 0.0949. The van der Waals surface area contributed by atoms with Crippen LogP contribution < -0.4 is 27.8 Å². The van der Waals surface area contributed by atoms with E-state index in [1.54, 1.807) is 13.8 Å². The third-order valence-corrected chi connectivity index (χ3v) is 4.52. The van der Waals surface area contributed by atoms with Gasteiger partial charge in [0.15, 0.2) is 5.96 Å². The molecule has 0 aromatic carbocycles. The minimum atomic E-state index is -4.37. The van der Waals surface area contributed by atoms with Crippen molar-refractivity contribution < 1.29 is 33.8 Å². The molecule has 0 aromatic rings. The Kier molecular flexibility index (Phi) is 11.9. The van der Waals surface area contributed by atoms with Gasteiger partial charge in [0.25, 0.3) is 0 Å². The number of carbonyl (C=O) groups excluding carboxylic acids is 2. The number of rotatable bonds is 13. The quantitative estimate of drug-likeness (QED) is 0.0495. The molecule has 0 aliphatic rings. The van der Waals surface area contributed by atoms with Crippen LogP contribution in [0.25, 0.3) is 0 Å². The first-order valence-electron chi connectivity index (χ1n) is 9.10. The van der Waals surface area contributed by atoms with E-state index in [1.807, 2.05) is 0 Å². The lowest BCUT2D eigenvalue weighted by molar-refractivity contribution is -0.140. The van der Waals surface area contributed by atoms with Crippen LogP contribution in [0.5, 0.6) is 0 Å². The number of nitrogens with two attached hydrogens (primary N) is 3. The number of carbonyl (C=O) groups is 3. The van der Waals surface area contributed by atoms with Crippen LogP contribution in [0.3, 0.4) is 0 Å². The first kappa shape index (κ1) is 27.5. The molecule has 2 amide bonds. The Hall–Kier alpha value is -2.47. The molecular formula is C16H31N6O7P. The average Bonchev–Trinajstić information content (AvgIpc) is 2.60. The van der Waals surface area contributed by atoms with Gasteiger partial charge in [-0.2, -0.15) is 0 Å². The molecule has 13 nitrogen and oxygen atoms in total. The summed E-state index contributed by atoms with van der Waals surface area (Å²) in [7, 11) is -4.37. The van der Waals surface area contributed by atoms with E-state index in [4.69, 9.17) is 27.0 Å². The van der Waals surface area contributed by atoms with Crippen LogP contribution in [0.2, 0.25) is 0 Å². The van der Waals surface area contributed by atoms with Crippen molar-refractivity contribution in [2.45, 2.75) is 44.8 Å². The number of guanidine groups is 1. The van der Waals surface area contributed by atoms with E-state index in [0.717, 1.165) is 12.2 Å². The molecule has 30 heavy (non-hydrogen) atoms. The van der Waals surface area contributed by atoms with E-state index in [-0.39, 0.29) is 24.8 Å². The predicted octanol–water partition coefficient (Wildman–Crippen LogP) is -2.19. The van der Waals surface area contributed by atoms with Crippen molar-refractivity contribution in [3.63, 3.8) is 0 Å². The topological polar surface area (TPSA) is 243 Å². The first-order valence-corrected chi connectivity index (χ1v) is 10.9. The molecule has 0 heterocycles. The van der Waals surface area contributed by atoms with Crippen molar-refractivity contribution in [2.75, 3.05) is 12.7 Å². The van der Waals surface area contributed by atoms with Gasteiger partial charge >= 0.3 is 13.6 Å². The molecule has 0 rings (SSSR count). The number of aliphatic carboxylic acids is 1. The van der Waals surface area contributed by atoms with Crippen LogP contribution in [0, 0.1) is 5.92 Å². The van der Waals surface area contributed by atoms with Crippen molar-refractivity contribution in [1.82, 2.24) is 10.6 Å². The Morgan fingerprint density at radius 1 is 1.13 bits per heavy atom. The Labute approximate surface area is 174 Å². The van der Waals surface area contributed by atoms with E-state index in [9.17, 15) is 24.1 Å². The molecule has 0 aromatic heterocycles. The summed E-state index contributed by atoms with van der Waals surface area (Å²) in [6.45, 7) is 3.64. The van der Waals surface area contributed by atoms with Gasteiger partial charge < -0.3 is 42.7 Å². The summed E-state index contributed by atoms with van der Waals surface area (Å²) < 4.78 is 10.9. The summed E-state index contributed by atoms with van der Waals surface area (Å²) in [5.41, 5.74) is 16.2. The van der Waals surface area contributed by atoms with Gasteiger partial charge in [-0.15, -0.1) is 0 Å². The average molecular weight is 450 g/mol. The summed E-state index contributed by atoms with van der Waals surface area (Å²) in [6.07, 6.45) is 1.61. The smallest absolute Gasteiger partial charge is 0.330 e. The normalized spacial score (nSPS) is 14.7. The summed E-state index contributed by atoms with van der Waals surface area (Å²) in [5.74, 6) is -3.18. The van der Waals surface area contributed by atoms with Gasteiger partial charge in [0.2, 0.25) is 11.8 Å². The van der Waals surface area contributed by atoms with Crippen molar-refractivity contribution in [1.29, 1.82) is 0 Å². The molecule has 172 valence electrons. The van der Waals surface area contributed by atoms with Crippen LogP contribution >= 0.6 is 7.60 Å². The Morgan fingerprint density at radius 2 is 1.73 bits per heavy atom. The second-order valence-corrected chi connectivity index (χ2v) is 8.57. The van der Waals surface area contributed by atoms with Crippen molar-refractivity contribution in [2.24, 2.45) is 28.1 Å². The molecule has 14 heteroatoms. The number of carboxylic acids is 1. The van der Waals surface area contributed by atoms with Gasteiger partial charge in [-0.3, -0.25) is 19.1 Å². The molecule has 0 unspecified atom stereocenters. The maximum absolute atomic E-state index is 12.6. The van der Waals surface area contributed by atoms with Gasteiger partial charge in [0.05, 0.1) is 12.2 Å². The van der Waals surface area contributed by atoms with Crippen LogP contribution in [-0.4, -0.2) is 69.5 Å². The van der Waals surface area contributed by atoms with Gasteiger partial charge in [-0.05, 0) is 18.8 Å². The summed E-state index contributed by atoms with van der Waals surface area (Å²) >= 11 is 0. The summed E-state index contributed by atoms with van der Waals surface area (Å²) in [5, 5.41) is 13.9. The molecular weight excluding hydrogens is 419 g/mol. The second-order valence-electron chi connectivity index (χ2n) is 6.88. The minimum Gasteiger partial charge on any atom is -0.479 e. The number of allylic oxidation sites excluding steroid dienone is 1. The number of hydrogen-bond donors (Lipinski definition) is 8. The number of hydrogen-bond acceptors (Lipinski definition) is 6. The fourth-order valence-electron chi connectivity index (χ4n) is 2.12. The molecule has 0 aliphatic heterocycles. The van der Waals surface area contributed by atoms with Gasteiger partial charge in [0.1, 0.15) is 12.1 Å². The Morgan fingerprint density at radius 3 is 2.20 bits per heavy atom. The lowest BCUT2D eigenvalue weighted by atomic mass is 10.0. The van der Waals surface area contributed by atoms with E-state index in [0.29, 0.717) is 6.42 Å². The molecule has 0 bridgehead atoms. The van der Waals surface area contributed by atoms with Crippen molar-refractivity contribution in [3.8, 4) is 0 Å². The molecule has 11 N–H and O–H groups in total. The molecule has 0 aliphatic carbocycles. The fourth-order valence-corrected chi connectivity index (χ4v) is 2.52. The highest BCUT2D eigenvalue weighted by molar-refractivity contribution is 7.51. The van der Waals surface area contributed by atoms with Gasteiger partial charge in [-0.25, -0.2) is 4.79 Å². The van der Waals surface area contributed by atoms with Gasteiger partial charge in [0, 0.05) is 6.54 Å². The highest BCUT2D eigenvalue weighted by Crippen LogP contribution is 2.33. The van der Waals surface area contributed by atoms with Crippen LogP contribution in [0.15, 0.2) is 17.1 Å². The number of nitrogens with zero attached hydrogens (tertiary/aromatic N) is 1. The largest absolute Gasteiger partial charge is 0.479 e. The van der Waals surface area contributed by atoms with E-state index in [1.165, 1.54) is 0 Å². The van der Waals surface area contributed by atoms with Crippen LogP contribution in [-0.2, 0) is 18.9 Å². The van der Waals surface area contributed by atoms with Gasteiger partial charge in [-0.1, -0.05) is 26.0 Å². The molecule has 0 spiro atoms. The number of aliphatic imine (C=N–C) groups is 1. The van der Waals surface area contributed by atoms with E-state index in [2.05, 4.69) is 15.6 Å². The zero-order chi connectivity index (χ0) is 23.5. The third kappa shape index (κ3) is 12.2. The second kappa shape index (κ2) is 13.0. The fraction of sp³-hybridized carbons (Fsp3) is 0.625. The zero-order valence-corrected chi connectivity index (χ0v) is 17.8. The third-order valence-electron chi connectivity index (χ3n) is 3.83. The maximum atomic E-state index is 12.6. The Balaban J connectivity index is 5.28. The van der Waals surface area contributed by atoms with Crippen LogP contribution in [0.4, 0.5) is 0 Å².